The molecule has 156 valence electrons. The van der Waals surface area contributed by atoms with Crippen LogP contribution < -0.4 is 5.32 Å². The third-order valence-electron chi connectivity index (χ3n) is 4.58. The van der Waals surface area contributed by atoms with E-state index in [0.717, 1.165) is 5.56 Å². The number of aliphatic imine (C=N–C) groups is 1. The molecule has 1 amide bonds. The largest absolute Gasteiger partial charge is 0.478 e. The number of aryl methyl sites for hydroxylation is 1. The van der Waals surface area contributed by atoms with Gasteiger partial charge in [-0.25, -0.2) is 9.79 Å². The molecule has 4 rings (SSSR count). The first-order valence-electron chi connectivity index (χ1n) is 9.26. The van der Waals surface area contributed by atoms with Crippen molar-refractivity contribution in [3.63, 3.8) is 0 Å². The van der Waals surface area contributed by atoms with Crippen LogP contribution in [0, 0.1) is 0 Å². The molecule has 6 nitrogen and oxygen atoms in total. The van der Waals surface area contributed by atoms with Gasteiger partial charge in [-0.2, -0.15) is 0 Å². The molecule has 1 fully saturated rings. The van der Waals surface area contributed by atoms with Crippen molar-refractivity contribution in [1.82, 2.24) is 10.3 Å². The first-order chi connectivity index (χ1) is 14.9. The topological polar surface area (TPSA) is 91.7 Å². The van der Waals surface area contributed by atoms with Gasteiger partial charge in [-0.1, -0.05) is 42.3 Å². The number of amidine groups is 1. The van der Waals surface area contributed by atoms with Crippen LogP contribution in [0.2, 0.25) is 10.0 Å². The Morgan fingerprint density at radius 1 is 1.23 bits per heavy atom. The van der Waals surface area contributed by atoms with Gasteiger partial charge in [0, 0.05) is 5.39 Å². The van der Waals surface area contributed by atoms with Crippen LogP contribution in [0.3, 0.4) is 0 Å². The number of aromatic nitrogens is 1. The lowest BCUT2D eigenvalue weighted by Gasteiger charge is -2.06. The average Bonchev–Trinajstić information content (AvgIpc) is 3.08. The molecule has 1 aromatic heterocycles. The minimum Gasteiger partial charge on any atom is -0.478 e. The highest BCUT2D eigenvalue weighted by Crippen LogP contribution is 2.35. The van der Waals surface area contributed by atoms with Gasteiger partial charge in [0.15, 0.2) is 5.17 Å². The number of para-hydroxylation sites is 1. The Kier molecular flexibility index (Phi) is 6.00. The van der Waals surface area contributed by atoms with Crippen molar-refractivity contribution in [3.8, 4) is 0 Å². The number of hydrogen-bond acceptors (Lipinski definition) is 5. The maximum atomic E-state index is 12.4. The fourth-order valence-corrected chi connectivity index (χ4v) is 4.42. The zero-order chi connectivity index (χ0) is 22.1. The van der Waals surface area contributed by atoms with E-state index < -0.39 is 5.97 Å². The number of aromatic carboxylic acids is 1. The van der Waals surface area contributed by atoms with Crippen molar-refractivity contribution in [1.29, 1.82) is 0 Å². The quantitative estimate of drug-likeness (QED) is 0.476. The van der Waals surface area contributed by atoms with Gasteiger partial charge in [-0.15, -0.1) is 0 Å². The summed E-state index contributed by atoms with van der Waals surface area (Å²) in [7, 11) is 0. The molecule has 1 aliphatic rings. The number of fused-ring (bicyclic) bond motifs is 1. The molecule has 31 heavy (non-hydrogen) atoms. The Hall–Kier alpha value is -2.87. The monoisotopic (exact) mass is 471 g/mol. The Morgan fingerprint density at radius 2 is 1.97 bits per heavy atom. The predicted octanol–water partition coefficient (Wildman–Crippen LogP) is 5.69. The molecule has 1 aliphatic heterocycles. The summed E-state index contributed by atoms with van der Waals surface area (Å²) in [6.07, 6.45) is 2.24. The molecule has 0 saturated carbocycles. The van der Waals surface area contributed by atoms with Crippen LogP contribution in [0.4, 0.5) is 5.69 Å². The molecular weight excluding hydrogens is 457 g/mol. The molecule has 2 heterocycles. The summed E-state index contributed by atoms with van der Waals surface area (Å²) >= 11 is 13.5. The second-order valence-corrected chi connectivity index (χ2v) is 8.49. The third-order valence-corrected chi connectivity index (χ3v) is 6.10. The van der Waals surface area contributed by atoms with Crippen LogP contribution in [-0.2, 0) is 11.2 Å². The van der Waals surface area contributed by atoms with Crippen LogP contribution in [-0.4, -0.2) is 27.1 Å². The van der Waals surface area contributed by atoms with Gasteiger partial charge in [0.05, 0.1) is 31.7 Å². The summed E-state index contributed by atoms with van der Waals surface area (Å²) in [5, 5.41) is 14.0. The number of thioether (sulfide) groups is 1. The molecule has 0 radical (unpaired) electrons. The van der Waals surface area contributed by atoms with Gasteiger partial charge < -0.3 is 10.4 Å². The van der Waals surface area contributed by atoms with E-state index in [2.05, 4.69) is 15.3 Å². The van der Waals surface area contributed by atoms with Gasteiger partial charge in [-0.3, -0.25) is 9.78 Å². The molecule has 0 unspecified atom stereocenters. The number of nitrogens with one attached hydrogen (secondary N) is 1. The van der Waals surface area contributed by atoms with Crippen LogP contribution >= 0.6 is 35.0 Å². The van der Waals surface area contributed by atoms with Crippen molar-refractivity contribution < 1.29 is 14.7 Å². The highest BCUT2D eigenvalue weighted by molar-refractivity contribution is 8.18. The zero-order valence-electron chi connectivity index (χ0n) is 16.1. The van der Waals surface area contributed by atoms with E-state index in [1.165, 1.54) is 11.8 Å². The number of carbonyl (C=O) groups is 2. The summed E-state index contributed by atoms with van der Waals surface area (Å²) in [5.74, 6) is -1.31. The van der Waals surface area contributed by atoms with E-state index in [1.807, 2.05) is 19.1 Å². The van der Waals surface area contributed by atoms with E-state index in [0.29, 0.717) is 48.8 Å². The number of nitrogens with zero attached hydrogens (tertiary/aromatic N) is 2. The van der Waals surface area contributed by atoms with Crippen LogP contribution in [0.25, 0.3) is 17.0 Å². The number of hydrogen-bond donors (Lipinski definition) is 2. The molecule has 1 saturated heterocycles. The third kappa shape index (κ3) is 4.44. The number of carbonyl (C=O) groups excluding carboxylic acids is 1. The Morgan fingerprint density at radius 3 is 2.65 bits per heavy atom. The molecular formula is C22H15Cl2N3O3S. The lowest BCUT2D eigenvalue weighted by Crippen LogP contribution is -2.19. The number of rotatable bonds is 4. The van der Waals surface area contributed by atoms with Crippen LogP contribution in [0.1, 0.15) is 28.5 Å². The van der Waals surface area contributed by atoms with Crippen LogP contribution in [0.5, 0.6) is 0 Å². The van der Waals surface area contributed by atoms with Gasteiger partial charge in [0.25, 0.3) is 5.91 Å². The van der Waals surface area contributed by atoms with E-state index in [9.17, 15) is 14.7 Å². The second-order valence-electron chi connectivity index (χ2n) is 6.65. The standard InChI is InChI=1S/C22H15Cl2N3O3S/c1-2-16-13(21(29)30)10-12-8-11(6-7-17(12)25-16)9-18-20(28)27-22(31-18)26-19-14(23)4-3-5-15(19)24/h3-10H,2H2,1H3,(H,29,30)(H,26,27,28). The van der Waals surface area contributed by atoms with Crippen molar-refractivity contribution >= 4 is 74.7 Å². The highest BCUT2D eigenvalue weighted by Gasteiger charge is 2.24. The minimum absolute atomic E-state index is 0.179. The van der Waals surface area contributed by atoms with E-state index >= 15 is 0 Å². The van der Waals surface area contributed by atoms with Gasteiger partial charge in [0.1, 0.15) is 5.69 Å². The number of pyridine rings is 1. The first kappa shape index (κ1) is 21.4. The summed E-state index contributed by atoms with van der Waals surface area (Å²) in [4.78, 5) is 33.2. The molecule has 0 bridgehead atoms. The number of halogens is 2. The molecule has 0 spiro atoms. The van der Waals surface area contributed by atoms with Crippen molar-refractivity contribution in [3.05, 3.63) is 74.2 Å². The van der Waals surface area contributed by atoms with Gasteiger partial charge in [-0.05, 0) is 60.2 Å². The molecule has 9 heteroatoms. The molecule has 0 atom stereocenters. The van der Waals surface area contributed by atoms with Crippen molar-refractivity contribution in [2.24, 2.45) is 4.99 Å². The smallest absolute Gasteiger partial charge is 0.337 e. The lowest BCUT2D eigenvalue weighted by molar-refractivity contribution is -0.115. The van der Waals surface area contributed by atoms with Crippen molar-refractivity contribution in [2.45, 2.75) is 13.3 Å². The highest BCUT2D eigenvalue weighted by atomic mass is 35.5. The van der Waals surface area contributed by atoms with Crippen LogP contribution in [0.15, 0.2) is 52.4 Å². The van der Waals surface area contributed by atoms with E-state index in [4.69, 9.17) is 23.2 Å². The van der Waals surface area contributed by atoms with E-state index in [-0.39, 0.29) is 11.5 Å². The summed E-state index contributed by atoms with van der Waals surface area (Å²) < 4.78 is 0. The minimum atomic E-state index is -1.01. The zero-order valence-corrected chi connectivity index (χ0v) is 18.5. The Balaban J connectivity index is 1.67. The fraction of sp³-hybridized carbons (Fsp3) is 0.0909. The number of benzene rings is 2. The number of carboxylic acid groups (broad SMARTS) is 1. The molecule has 3 aromatic rings. The van der Waals surface area contributed by atoms with Gasteiger partial charge in [0.2, 0.25) is 0 Å². The SMILES string of the molecule is CCc1nc2ccc(C=C3SC(=Nc4c(Cl)cccc4Cl)NC3=O)cc2cc1C(=O)O. The van der Waals surface area contributed by atoms with Gasteiger partial charge >= 0.3 is 5.97 Å². The summed E-state index contributed by atoms with van der Waals surface area (Å²) in [6, 6.07) is 12.1. The molecule has 2 aromatic carbocycles. The first-order valence-corrected chi connectivity index (χ1v) is 10.8. The summed E-state index contributed by atoms with van der Waals surface area (Å²) in [6.45, 7) is 1.87. The number of amides is 1. The molecule has 0 aliphatic carbocycles. The predicted molar refractivity (Wildman–Crippen MR) is 125 cm³/mol. The van der Waals surface area contributed by atoms with E-state index in [1.54, 1.807) is 36.4 Å². The molecule has 2 N–H and O–H groups in total. The Bertz CT molecular complexity index is 1280. The summed E-state index contributed by atoms with van der Waals surface area (Å²) in [5.41, 5.74) is 2.54. The lowest BCUT2D eigenvalue weighted by atomic mass is 10.1. The maximum absolute atomic E-state index is 12.4. The Labute approximate surface area is 192 Å². The number of carboxylic acids is 1. The maximum Gasteiger partial charge on any atom is 0.337 e. The van der Waals surface area contributed by atoms with Crippen molar-refractivity contribution in [2.75, 3.05) is 0 Å². The fourth-order valence-electron chi connectivity index (χ4n) is 3.11. The normalized spacial score (nSPS) is 16.3. The second kappa shape index (κ2) is 8.70. The average molecular weight is 472 g/mol.